The molecule has 3 aliphatic heterocycles. The molecule has 13 nitrogen and oxygen atoms in total. The van der Waals surface area contributed by atoms with E-state index in [0.717, 1.165) is 79.6 Å². The Bertz CT molecular complexity index is 1980. The van der Waals surface area contributed by atoms with E-state index in [-0.39, 0.29) is 29.6 Å². The van der Waals surface area contributed by atoms with E-state index in [1.165, 1.54) is 10.1 Å². The Hall–Kier alpha value is -4.59. The Morgan fingerprint density at radius 2 is 1.79 bits per heavy atom. The van der Waals surface area contributed by atoms with Crippen molar-refractivity contribution < 1.29 is 19.4 Å². The van der Waals surface area contributed by atoms with Gasteiger partial charge in [0.2, 0.25) is 5.91 Å². The van der Waals surface area contributed by atoms with Crippen LogP contribution in [0.1, 0.15) is 55.6 Å². The van der Waals surface area contributed by atoms with E-state index >= 15 is 0 Å². The highest BCUT2D eigenvalue weighted by Gasteiger charge is 2.32. The van der Waals surface area contributed by atoms with Crippen LogP contribution >= 0.6 is 11.6 Å². The quantitative estimate of drug-likeness (QED) is 0.207. The number of halogens is 1. The van der Waals surface area contributed by atoms with E-state index in [1.807, 2.05) is 41.1 Å². The zero-order chi connectivity index (χ0) is 36.5. The number of aromatic amines is 1. The minimum atomic E-state index is -0.762. The first-order valence-electron chi connectivity index (χ1n) is 18.1. The standard InChI is InChI=1S/C38H47ClN8O5/c1-44-21-29(28-20-40-43-35(28)37(44)50)25-18-31(39)30(33(19-25)52-3)22-46-14-12-27(13-15-46)45(2)38(51)47-16-10-24(11-17-47)23-4-6-26(7-5-23)41-32-8-9-34(48)42-36(32)49/h4-7,18-21,24,27,32,34,41,48H,8-17,22H2,1-3H3,(H,40,43)(H,42,49). The average molecular weight is 731 g/mol. The van der Waals surface area contributed by atoms with Crippen LogP contribution < -0.4 is 20.9 Å². The summed E-state index contributed by atoms with van der Waals surface area (Å²) in [5, 5.41) is 23.7. The first-order valence-corrected chi connectivity index (χ1v) is 18.5. The van der Waals surface area contributed by atoms with Crippen LogP contribution in [0.2, 0.25) is 5.02 Å². The van der Waals surface area contributed by atoms with Crippen molar-refractivity contribution in [1.29, 1.82) is 0 Å². The van der Waals surface area contributed by atoms with E-state index in [0.29, 0.717) is 41.6 Å². The van der Waals surface area contributed by atoms with Crippen LogP contribution in [0.15, 0.2) is 53.6 Å². The Morgan fingerprint density at radius 1 is 1.06 bits per heavy atom. The lowest BCUT2D eigenvalue weighted by atomic mass is 9.89. The lowest BCUT2D eigenvalue weighted by Gasteiger charge is -2.40. The van der Waals surface area contributed by atoms with E-state index < -0.39 is 6.23 Å². The van der Waals surface area contributed by atoms with E-state index in [4.69, 9.17) is 16.3 Å². The van der Waals surface area contributed by atoms with Crippen LogP contribution in [0.5, 0.6) is 5.75 Å². The number of ether oxygens (including phenoxy) is 1. The van der Waals surface area contributed by atoms with Gasteiger partial charge in [0.1, 0.15) is 23.5 Å². The van der Waals surface area contributed by atoms with Crippen molar-refractivity contribution in [3.63, 3.8) is 0 Å². The van der Waals surface area contributed by atoms with Crippen molar-refractivity contribution in [3.05, 3.63) is 75.3 Å². The molecule has 0 radical (unpaired) electrons. The number of hydrogen-bond acceptors (Lipinski definition) is 8. The molecular weight excluding hydrogens is 684 g/mol. The number of aliphatic hydroxyl groups excluding tert-OH is 1. The van der Waals surface area contributed by atoms with Gasteiger partial charge in [-0.1, -0.05) is 23.7 Å². The van der Waals surface area contributed by atoms with E-state index in [9.17, 15) is 19.5 Å². The highest BCUT2D eigenvalue weighted by Crippen LogP contribution is 2.37. The fourth-order valence-corrected chi connectivity index (χ4v) is 8.21. The second-order valence-corrected chi connectivity index (χ2v) is 14.7. The zero-order valence-corrected chi connectivity index (χ0v) is 30.7. The van der Waals surface area contributed by atoms with E-state index in [1.54, 1.807) is 26.6 Å². The highest BCUT2D eigenvalue weighted by molar-refractivity contribution is 6.32. The van der Waals surface area contributed by atoms with Crippen LogP contribution in [0.4, 0.5) is 10.5 Å². The first-order chi connectivity index (χ1) is 25.1. The molecule has 0 spiro atoms. The van der Waals surface area contributed by atoms with Gasteiger partial charge in [0.25, 0.3) is 5.56 Å². The maximum atomic E-state index is 13.6. The number of likely N-dealkylation sites (tertiary alicyclic amines) is 2. The number of fused-ring (bicyclic) bond motifs is 1. The lowest BCUT2D eigenvalue weighted by Crippen LogP contribution is -2.51. The van der Waals surface area contributed by atoms with Crippen LogP contribution in [-0.4, -0.2) is 105 Å². The van der Waals surface area contributed by atoms with Crippen LogP contribution in [-0.2, 0) is 18.4 Å². The molecular formula is C38H47ClN8O5. The Labute approximate surface area is 307 Å². The van der Waals surface area contributed by atoms with Gasteiger partial charge in [-0.15, -0.1) is 0 Å². The molecule has 52 heavy (non-hydrogen) atoms. The van der Waals surface area contributed by atoms with Crippen molar-refractivity contribution >= 4 is 40.1 Å². The third kappa shape index (κ3) is 7.35. The summed E-state index contributed by atoms with van der Waals surface area (Å²) in [5.41, 5.74) is 5.03. The van der Waals surface area contributed by atoms with E-state index in [2.05, 4.69) is 37.9 Å². The Balaban J connectivity index is 0.904. The fourth-order valence-electron chi connectivity index (χ4n) is 7.94. The monoisotopic (exact) mass is 730 g/mol. The fraction of sp³-hybridized carbons (Fsp3) is 0.474. The summed E-state index contributed by atoms with van der Waals surface area (Å²) in [6, 6.07) is 12.1. The topological polar surface area (TPSA) is 148 Å². The van der Waals surface area contributed by atoms with Gasteiger partial charge in [-0.3, -0.25) is 19.6 Å². The zero-order valence-electron chi connectivity index (χ0n) is 29.9. The number of carbonyl (C=O) groups is 2. The van der Waals surface area contributed by atoms with Gasteiger partial charge < -0.3 is 34.8 Å². The number of nitrogens with zero attached hydrogens (tertiary/aromatic N) is 5. The number of nitrogens with one attached hydrogen (secondary N) is 3. The molecule has 2 atom stereocenters. The summed E-state index contributed by atoms with van der Waals surface area (Å²) in [7, 11) is 5.29. The van der Waals surface area contributed by atoms with Crippen molar-refractivity contribution in [1.82, 2.24) is 34.8 Å². The third-order valence-corrected chi connectivity index (χ3v) is 11.4. The number of H-pyrrole nitrogens is 1. The first kappa shape index (κ1) is 35.8. The summed E-state index contributed by atoms with van der Waals surface area (Å²) >= 11 is 6.91. The number of piperidine rings is 3. The van der Waals surface area contributed by atoms with Crippen LogP contribution in [0.3, 0.4) is 0 Å². The number of hydrogen-bond donors (Lipinski definition) is 4. The molecule has 2 aromatic heterocycles. The molecule has 3 aliphatic rings. The van der Waals surface area contributed by atoms with Gasteiger partial charge in [0.05, 0.1) is 13.3 Å². The smallest absolute Gasteiger partial charge is 0.319 e. The summed E-state index contributed by atoms with van der Waals surface area (Å²) in [4.78, 5) is 44.6. The van der Waals surface area contributed by atoms with Crippen LogP contribution in [0, 0.1) is 0 Å². The number of carbonyl (C=O) groups excluding carboxylic acids is 2. The number of methoxy groups -OCH3 is 1. The molecule has 0 aliphatic carbocycles. The number of urea groups is 1. The number of aliphatic hydroxyl groups is 1. The summed E-state index contributed by atoms with van der Waals surface area (Å²) in [6.45, 7) is 3.74. The molecule has 4 N–H and O–H groups in total. The normalized spacial score (nSPS) is 20.6. The average Bonchev–Trinajstić information content (AvgIpc) is 3.66. The summed E-state index contributed by atoms with van der Waals surface area (Å²) in [6.07, 6.45) is 7.37. The molecule has 3 fully saturated rings. The molecule has 2 aromatic carbocycles. The lowest BCUT2D eigenvalue weighted by molar-refractivity contribution is -0.127. The minimum Gasteiger partial charge on any atom is -0.496 e. The van der Waals surface area contributed by atoms with Gasteiger partial charge in [-0.25, -0.2) is 4.79 Å². The number of anilines is 1. The number of pyridine rings is 1. The number of aryl methyl sites for hydroxylation is 1. The Morgan fingerprint density at radius 3 is 2.48 bits per heavy atom. The van der Waals surface area contributed by atoms with Gasteiger partial charge in [-0.2, -0.15) is 5.10 Å². The summed E-state index contributed by atoms with van der Waals surface area (Å²) < 4.78 is 7.36. The predicted molar refractivity (Wildman–Crippen MR) is 201 cm³/mol. The number of amides is 3. The number of rotatable bonds is 8. The molecule has 4 aromatic rings. The number of aromatic nitrogens is 3. The second kappa shape index (κ2) is 15.2. The largest absolute Gasteiger partial charge is 0.496 e. The molecule has 276 valence electrons. The molecule has 2 unspecified atom stereocenters. The number of benzene rings is 2. The van der Waals surface area contributed by atoms with Gasteiger partial charge in [0.15, 0.2) is 0 Å². The molecule has 0 bridgehead atoms. The second-order valence-electron chi connectivity index (χ2n) is 14.3. The molecule has 3 amide bonds. The Kier molecular flexibility index (Phi) is 10.4. The van der Waals surface area contributed by atoms with Crippen molar-refractivity contribution in [2.75, 3.05) is 45.7 Å². The minimum absolute atomic E-state index is 0.0952. The van der Waals surface area contributed by atoms with Crippen molar-refractivity contribution in [2.24, 2.45) is 7.05 Å². The SMILES string of the molecule is COc1cc(-c2cn(C)c(=O)c3[nH]ncc23)cc(Cl)c1CN1CCC(N(C)C(=O)N2CCC(c3ccc(NC4CCC(O)NC4=O)cc3)CC2)CC1. The molecule has 14 heteroatoms. The summed E-state index contributed by atoms with van der Waals surface area (Å²) in [5.74, 6) is 0.888. The molecule has 7 rings (SSSR count). The maximum Gasteiger partial charge on any atom is 0.319 e. The van der Waals surface area contributed by atoms with Gasteiger partial charge in [-0.05, 0) is 79.8 Å². The predicted octanol–water partition coefficient (Wildman–Crippen LogP) is 4.50. The van der Waals surface area contributed by atoms with Crippen molar-refractivity contribution in [3.8, 4) is 16.9 Å². The molecule has 0 saturated carbocycles. The van der Waals surface area contributed by atoms with Crippen LogP contribution in [0.25, 0.3) is 22.0 Å². The van der Waals surface area contributed by atoms with Crippen molar-refractivity contribution in [2.45, 2.75) is 69.3 Å². The maximum absolute atomic E-state index is 13.6. The molecule has 5 heterocycles. The third-order valence-electron chi connectivity index (χ3n) is 11.1. The van der Waals surface area contributed by atoms with Gasteiger partial charge >= 0.3 is 6.03 Å². The van der Waals surface area contributed by atoms with Gasteiger partial charge in [0, 0.05) is 86.3 Å². The molecule has 3 saturated heterocycles. The highest BCUT2D eigenvalue weighted by atomic mass is 35.5.